The third-order valence-electron chi connectivity index (χ3n) is 5.35. The fourth-order valence-corrected chi connectivity index (χ4v) is 3.51. The first-order valence-electron chi connectivity index (χ1n) is 9.56. The summed E-state index contributed by atoms with van der Waals surface area (Å²) in [5.74, 6) is 1.08. The molecule has 7 heteroatoms. The largest absolute Gasteiger partial charge is 0.472 e. The van der Waals surface area contributed by atoms with Crippen LogP contribution in [0.15, 0.2) is 45.7 Å². The standard InChI is InChI=1S/C21H24N4O3/c1-15-4-3-5-18(16(15)2)24-9-11-25(12-10-24)20(26)7-6-19-22-21(23-28-19)17-8-13-27-14-17/h3-5,8,13-14H,6-7,9-12H2,1-2H3. The van der Waals surface area contributed by atoms with Gasteiger partial charge in [-0.3, -0.25) is 4.79 Å². The zero-order chi connectivity index (χ0) is 19.5. The summed E-state index contributed by atoms with van der Waals surface area (Å²) >= 11 is 0. The lowest BCUT2D eigenvalue weighted by Crippen LogP contribution is -2.49. The van der Waals surface area contributed by atoms with Crippen molar-refractivity contribution in [3.05, 3.63) is 53.8 Å². The predicted octanol–water partition coefficient (Wildman–Crippen LogP) is 3.23. The van der Waals surface area contributed by atoms with Crippen molar-refractivity contribution in [2.45, 2.75) is 26.7 Å². The molecule has 0 aliphatic carbocycles. The van der Waals surface area contributed by atoms with E-state index >= 15 is 0 Å². The molecule has 1 amide bonds. The Balaban J connectivity index is 1.29. The summed E-state index contributed by atoms with van der Waals surface area (Å²) in [6, 6.07) is 8.16. The maximum Gasteiger partial charge on any atom is 0.227 e. The number of aromatic nitrogens is 2. The van der Waals surface area contributed by atoms with E-state index in [-0.39, 0.29) is 5.91 Å². The normalized spacial score (nSPS) is 14.5. The molecule has 3 heterocycles. The minimum atomic E-state index is 0.128. The Morgan fingerprint density at radius 3 is 2.71 bits per heavy atom. The topological polar surface area (TPSA) is 75.6 Å². The van der Waals surface area contributed by atoms with Crippen molar-refractivity contribution in [1.82, 2.24) is 15.0 Å². The van der Waals surface area contributed by atoms with Crippen molar-refractivity contribution in [3.8, 4) is 11.4 Å². The second-order valence-corrected chi connectivity index (χ2v) is 7.11. The summed E-state index contributed by atoms with van der Waals surface area (Å²) < 4.78 is 10.3. The molecule has 1 aliphatic heterocycles. The second kappa shape index (κ2) is 7.88. The first-order chi connectivity index (χ1) is 13.6. The van der Waals surface area contributed by atoms with Crippen LogP contribution in [0.1, 0.15) is 23.4 Å². The van der Waals surface area contributed by atoms with Crippen molar-refractivity contribution < 1.29 is 13.7 Å². The number of piperazine rings is 1. The minimum absolute atomic E-state index is 0.128. The number of carbonyl (C=O) groups is 1. The highest BCUT2D eigenvalue weighted by molar-refractivity contribution is 5.76. The summed E-state index contributed by atoms with van der Waals surface area (Å²) in [5, 5.41) is 3.93. The molecule has 28 heavy (non-hydrogen) atoms. The number of carbonyl (C=O) groups excluding carboxylic acids is 1. The van der Waals surface area contributed by atoms with Crippen LogP contribution < -0.4 is 4.90 Å². The first-order valence-corrected chi connectivity index (χ1v) is 9.56. The number of benzene rings is 1. The van der Waals surface area contributed by atoms with Gasteiger partial charge in [0.1, 0.15) is 6.26 Å². The smallest absolute Gasteiger partial charge is 0.227 e. The lowest BCUT2D eigenvalue weighted by atomic mass is 10.1. The van der Waals surface area contributed by atoms with Crippen LogP contribution in [0.3, 0.4) is 0 Å². The van der Waals surface area contributed by atoms with Gasteiger partial charge >= 0.3 is 0 Å². The molecule has 0 N–H and O–H groups in total. The van der Waals surface area contributed by atoms with E-state index in [1.165, 1.54) is 16.8 Å². The number of amides is 1. The Morgan fingerprint density at radius 1 is 1.14 bits per heavy atom. The van der Waals surface area contributed by atoms with Crippen molar-refractivity contribution >= 4 is 11.6 Å². The van der Waals surface area contributed by atoms with Gasteiger partial charge in [-0.2, -0.15) is 4.98 Å². The molecule has 1 aliphatic rings. The van der Waals surface area contributed by atoms with Crippen LogP contribution >= 0.6 is 0 Å². The van der Waals surface area contributed by atoms with E-state index in [9.17, 15) is 4.79 Å². The molecule has 4 rings (SSSR count). The zero-order valence-electron chi connectivity index (χ0n) is 16.2. The van der Waals surface area contributed by atoms with Gasteiger partial charge in [0, 0.05) is 44.7 Å². The van der Waals surface area contributed by atoms with Crippen LogP contribution in [-0.2, 0) is 11.2 Å². The molecule has 0 unspecified atom stereocenters. The maximum atomic E-state index is 12.6. The van der Waals surface area contributed by atoms with Gasteiger partial charge in [-0.15, -0.1) is 0 Å². The average molecular weight is 380 g/mol. The molecule has 146 valence electrons. The van der Waals surface area contributed by atoms with Crippen LogP contribution in [-0.4, -0.2) is 47.1 Å². The van der Waals surface area contributed by atoms with E-state index in [0.717, 1.165) is 31.7 Å². The van der Waals surface area contributed by atoms with Crippen molar-refractivity contribution in [2.75, 3.05) is 31.1 Å². The Morgan fingerprint density at radius 2 is 1.96 bits per heavy atom. The molecule has 1 saturated heterocycles. The number of nitrogens with zero attached hydrogens (tertiary/aromatic N) is 4. The molecule has 1 aromatic carbocycles. The van der Waals surface area contributed by atoms with Crippen molar-refractivity contribution in [1.29, 1.82) is 0 Å². The highest BCUT2D eigenvalue weighted by Gasteiger charge is 2.22. The molecule has 0 atom stereocenters. The average Bonchev–Trinajstić information content (AvgIpc) is 3.40. The summed E-state index contributed by atoms with van der Waals surface area (Å²) in [4.78, 5) is 21.2. The monoisotopic (exact) mass is 380 g/mol. The Hall–Kier alpha value is -3.09. The first kappa shape index (κ1) is 18.3. The molecular weight excluding hydrogens is 356 g/mol. The quantitative estimate of drug-likeness (QED) is 0.676. The molecular formula is C21H24N4O3. The molecule has 3 aromatic rings. The fraction of sp³-hybridized carbons (Fsp3) is 0.381. The zero-order valence-corrected chi connectivity index (χ0v) is 16.2. The van der Waals surface area contributed by atoms with Gasteiger partial charge < -0.3 is 18.7 Å². The molecule has 7 nitrogen and oxygen atoms in total. The number of anilines is 1. The Bertz CT molecular complexity index is 940. The Kier molecular flexibility index (Phi) is 5.14. The number of aryl methyl sites for hydroxylation is 2. The van der Waals surface area contributed by atoms with E-state index in [2.05, 4.69) is 47.1 Å². The lowest BCUT2D eigenvalue weighted by molar-refractivity contribution is -0.131. The summed E-state index contributed by atoms with van der Waals surface area (Å²) in [6.07, 6.45) is 3.94. The van der Waals surface area contributed by atoms with Gasteiger partial charge in [-0.05, 0) is 37.1 Å². The van der Waals surface area contributed by atoms with Gasteiger partial charge in [-0.25, -0.2) is 0 Å². The SMILES string of the molecule is Cc1cccc(N2CCN(C(=O)CCc3nc(-c4ccoc4)no3)CC2)c1C. The molecule has 0 spiro atoms. The van der Waals surface area contributed by atoms with Gasteiger partial charge in [0.25, 0.3) is 0 Å². The van der Waals surface area contributed by atoms with Gasteiger partial charge in [0.05, 0.1) is 11.8 Å². The molecule has 1 fully saturated rings. The van der Waals surface area contributed by atoms with E-state index in [4.69, 9.17) is 8.94 Å². The van der Waals surface area contributed by atoms with Crippen LogP contribution in [0.4, 0.5) is 5.69 Å². The number of furan rings is 1. The lowest BCUT2D eigenvalue weighted by Gasteiger charge is -2.37. The van der Waals surface area contributed by atoms with Crippen molar-refractivity contribution in [2.24, 2.45) is 0 Å². The van der Waals surface area contributed by atoms with E-state index in [1.54, 1.807) is 18.6 Å². The van der Waals surface area contributed by atoms with Gasteiger partial charge in [0.2, 0.25) is 17.6 Å². The number of rotatable bonds is 5. The van der Waals surface area contributed by atoms with Gasteiger partial charge in [0.15, 0.2) is 0 Å². The summed E-state index contributed by atoms with van der Waals surface area (Å²) in [6.45, 7) is 7.45. The molecule has 0 radical (unpaired) electrons. The summed E-state index contributed by atoms with van der Waals surface area (Å²) in [5.41, 5.74) is 4.64. The molecule has 2 aromatic heterocycles. The highest BCUT2D eigenvalue weighted by Crippen LogP contribution is 2.24. The minimum Gasteiger partial charge on any atom is -0.472 e. The van der Waals surface area contributed by atoms with Crippen LogP contribution in [0.25, 0.3) is 11.4 Å². The van der Waals surface area contributed by atoms with E-state index in [1.807, 2.05) is 4.90 Å². The highest BCUT2D eigenvalue weighted by atomic mass is 16.5. The fourth-order valence-electron chi connectivity index (χ4n) is 3.51. The summed E-state index contributed by atoms with van der Waals surface area (Å²) in [7, 11) is 0. The Labute approximate surface area is 163 Å². The van der Waals surface area contributed by atoms with Gasteiger partial charge in [-0.1, -0.05) is 17.3 Å². The third-order valence-corrected chi connectivity index (χ3v) is 5.35. The van der Waals surface area contributed by atoms with Crippen LogP contribution in [0, 0.1) is 13.8 Å². The maximum absolute atomic E-state index is 12.6. The van der Waals surface area contributed by atoms with Crippen molar-refractivity contribution in [3.63, 3.8) is 0 Å². The number of hydrogen-bond acceptors (Lipinski definition) is 6. The third kappa shape index (κ3) is 3.78. The van der Waals surface area contributed by atoms with E-state index < -0.39 is 0 Å². The molecule has 0 bridgehead atoms. The predicted molar refractivity (Wildman–Crippen MR) is 105 cm³/mol. The second-order valence-electron chi connectivity index (χ2n) is 7.11. The molecule has 0 saturated carbocycles. The van der Waals surface area contributed by atoms with Crippen LogP contribution in [0.2, 0.25) is 0 Å². The van der Waals surface area contributed by atoms with E-state index in [0.29, 0.717) is 24.6 Å². The number of hydrogen-bond donors (Lipinski definition) is 0. The van der Waals surface area contributed by atoms with Crippen LogP contribution in [0.5, 0.6) is 0 Å².